The van der Waals surface area contributed by atoms with Crippen LogP contribution in [0.15, 0.2) is 0 Å². The highest BCUT2D eigenvalue weighted by atomic mass is 16.5. The molecule has 1 heterocycles. The van der Waals surface area contributed by atoms with E-state index in [1.807, 2.05) is 7.11 Å². The van der Waals surface area contributed by atoms with Crippen LogP contribution in [0.2, 0.25) is 0 Å². The van der Waals surface area contributed by atoms with Crippen LogP contribution < -0.4 is 5.32 Å². The van der Waals surface area contributed by atoms with Crippen LogP contribution in [0.4, 0.5) is 0 Å². The Morgan fingerprint density at radius 1 is 1.50 bits per heavy atom. The first-order valence-corrected chi connectivity index (χ1v) is 6.66. The van der Waals surface area contributed by atoms with Crippen molar-refractivity contribution in [2.45, 2.75) is 50.7 Å². The molecule has 0 spiro atoms. The molecule has 0 radical (unpaired) electrons. The Kier molecular flexibility index (Phi) is 4.22. The van der Waals surface area contributed by atoms with Crippen molar-refractivity contribution in [3.05, 3.63) is 0 Å². The molecule has 0 aromatic carbocycles. The lowest BCUT2D eigenvalue weighted by atomic mass is 9.79. The molecule has 1 saturated heterocycles. The molecule has 3 heteroatoms. The van der Waals surface area contributed by atoms with E-state index in [0.717, 1.165) is 19.8 Å². The number of hydrogen-bond acceptors (Lipinski definition) is 3. The Morgan fingerprint density at radius 2 is 2.31 bits per heavy atom. The van der Waals surface area contributed by atoms with Crippen LogP contribution in [0.25, 0.3) is 0 Å². The largest absolute Gasteiger partial charge is 0.381 e. The van der Waals surface area contributed by atoms with Crippen molar-refractivity contribution in [2.75, 3.05) is 26.9 Å². The average molecular weight is 227 g/mol. The summed E-state index contributed by atoms with van der Waals surface area (Å²) in [6.07, 6.45) is 6.15. The molecule has 0 aromatic rings. The van der Waals surface area contributed by atoms with Gasteiger partial charge in [-0.3, -0.25) is 0 Å². The van der Waals surface area contributed by atoms with Gasteiger partial charge in [0.05, 0.1) is 12.2 Å². The molecule has 16 heavy (non-hydrogen) atoms. The molecule has 2 unspecified atom stereocenters. The number of ether oxygens (including phenoxy) is 2. The van der Waals surface area contributed by atoms with Gasteiger partial charge in [-0.15, -0.1) is 0 Å². The summed E-state index contributed by atoms with van der Waals surface area (Å²) in [4.78, 5) is 0. The van der Waals surface area contributed by atoms with Gasteiger partial charge in [-0.25, -0.2) is 0 Å². The summed E-state index contributed by atoms with van der Waals surface area (Å²) in [6, 6.07) is 0.607. The third-order valence-electron chi connectivity index (χ3n) is 4.36. The van der Waals surface area contributed by atoms with Crippen LogP contribution in [-0.4, -0.2) is 38.5 Å². The van der Waals surface area contributed by atoms with Crippen molar-refractivity contribution < 1.29 is 9.47 Å². The van der Waals surface area contributed by atoms with Gasteiger partial charge in [-0.05, 0) is 38.0 Å². The van der Waals surface area contributed by atoms with Crippen molar-refractivity contribution in [2.24, 2.45) is 5.92 Å². The highest BCUT2D eigenvalue weighted by molar-refractivity contribution is 4.93. The summed E-state index contributed by atoms with van der Waals surface area (Å²) < 4.78 is 11.1. The van der Waals surface area contributed by atoms with Crippen molar-refractivity contribution in [3.63, 3.8) is 0 Å². The van der Waals surface area contributed by atoms with Gasteiger partial charge in [0.1, 0.15) is 0 Å². The predicted molar refractivity (Wildman–Crippen MR) is 64.6 cm³/mol. The lowest BCUT2D eigenvalue weighted by Gasteiger charge is -2.42. The van der Waals surface area contributed by atoms with Crippen LogP contribution in [0.3, 0.4) is 0 Å². The van der Waals surface area contributed by atoms with Crippen molar-refractivity contribution >= 4 is 0 Å². The lowest BCUT2D eigenvalue weighted by Crippen LogP contribution is -2.51. The summed E-state index contributed by atoms with van der Waals surface area (Å²) in [5, 5.41) is 3.70. The summed E-state index contributed by atoms with van der Waals surface area (Å²) in [5.74, 6) is 0.707. The van der Waals surface area contributed by atoms with E-state index >= 15 is 0 Å². The van der Waals surface area contributed by atoms with E-state index in [1.165, 1.54) is 32.1 Å². The van der Waals surface area contributed by atoms with Gasteiger partial charge in [0.2, 0.25) is 0 Å². The van der Waals surface area contributed by atoms with Gasteiger partial charge in [-0.1, -0.05) is 6.92 Å². The zero-order chi connectivity index (χ0) is 11.4. The zero-order valence-corrected chi connectivity index (χ0v) is 10.6. The van der Waals surface area contributed by atoms with Crippen LogP contribution in [0.5, 0.6) is 0 Å². The smallest absolute Gasteiger partial charge is 0.0802 e. The topological polar surface area (TPSA) is 30.5 Å². The van der Waals surface area contributed by atoms with Crippen LogP contribution in [0.1, 0.15) is 39.0 Å². The molecule has 2 aliphatic rings. The number of nitrogens with one attached hydrogen (secondary N) is 1. The minimum absolute atomic E-state index is 0.146. The molecule has 0 amide bonds. The molecule has 1 aliphatic carbocycles. The molecule has 94 valence electrons. The van der Waals surface area contributed by atoms with Gasteiger partial charge in [0.25, 0.3) is 0 Å². The zero-order valence-electron chi connectivity index (χ0n) is 10.6. The lowest BCUT2D eigenvalue weighted by molar-refractivity contribution is -0.0718. The van der Waals surface area contributed by atoms with Crippen LogP contribution in [0, 0.1) is 5.92 Å². The Hall–Kier alpha value is -0.120. The van der Waals surface area contributed by atoms with E-state index in [0.29, 0.717) is 12.0 Å². The van der Waals surface area contributed by atoms with Crippen LogP contribution in [-0.2, 0) is 9.47 Å². The second-order valence-corrected chi connectivity index (χ2v) is 5.26. The number of rotatable bonds is 6. The van der Waals surface area contributed by atoms with E-state index in [1.54, 1.807) is 0 Å². The first kappa shape index (κ1) is 12.3. The number of methoxy groups -OCH3 is 1. The normalized spacial score (nSPS) is 30.0. The maximum atomic E-state index is 5.64. The molecule has 0 aromatic heterocycles. The second-order valence-electron chi connectivity index (χ2n) is 5.26. The van der Waals surface area contributed by atoms with Gasteiger partial charge < -0.3 is 14.8 Å². The standard InChI is InChI=1S/C13H25NO2/c1-3-12(11-5-8-16-9-11)14-10-13(15-2)6-4-7-13/h11-12,14H,3-10H2,1-2H3. The Morgan fingerprint density at radius 3 is 2.75 bits per heavy atom. The van der Waals surface area contributed by atoms with E-state index in [2.05, 4.69) is 12.2 Å². The first-order valence-electron chi connectivity index (χ1n) is 6.66. The molecule has 2 atom stereocenters. The maximum absolute atomic E-state index is 5.64. The summed E-state index contributed by atoms with van der Waals surface area (Å²) in [7, 11) is 1.85. The highest BCUT2D eigenvalue weighted by Crippen LogP contribution is 2.34. The fourth-order valence-electron chi connectivity index (χ4n) is 2.86. The van der Waals surface area contributed by atoms with E-state index in [-0.39, 0.29) is 5.60 Å². The van der Waals surface area contributed by atoms with Gasteiger partial charge in [-0.2, -0.15) is 0 Å². The monoisotopic (exact) mass is 227 g/mol. The number of hydrogen-bond donors (Lipinski definition) is 1. The molecular weight excluding hydrogens is 202 g/mol. The van der Waals surface area contributed by atoms with Crippen molar-refractivity contribution in [1.29, 1.82) is 0 Å². The summed E-state index contributed by atoms with van der Waals surface area (Å²) >= 11 is 0. The average Bonchev–Trinajstić information content (AvgIpc) is 2.76. The van der Waals surface area contributed by atoms with Crippen molar-refractivity contribution in [3.8, 4) is 0 Å². The van der Waals surface area contributed by atoms with E-state index < -0.39 is 0 Å². The Balaban J connectivity index is 1.77. The van der Waals surface area contributed by atoms with E-state index in [4.69, 9.17) is 9.47 Å². The molecule has 2 fully saturated rings. The second kappa shape index (κ2) is 5.48. The minimum Gasteiger partial charge on any atom is -0.381 e. The van der Waals surface area contributed by atoms with E-state index in [9.17, 15) is 0 Å². The maximum Gasteiger partial charge on any atom is 0.0802 e. The van der Waals surface area contributed by atoms with Crippen molar-refractivity contribution in [1.82, 2.24) is 5.32 Å². The third-order valence-corrected chi connectivity index (χ3v) is 4.36. The fourth-order valence-corrected chi connectivity index (χ4v) is 2.86. The molecule has 1 aliphatic heterocycles. The molecule has 3 nitrogen and oxygen atoms in total. The predicted octanol–water partition coefficient (Wildman–Crippen LogP) is 1.96. The Labute approximate surface area is 98.9 Å². The van der Waals surface area contributed by atoms with Gasteiger partial charge >= 0.3 is 0 Å². The third kappa shape index (κ3) is 2.58. The minimum atomic E-state index is 0.146. The highest BCUT2D eigenvalue weighted by Gasteiger charge is 2.37. The van der Waals surface area contributed by atoms with Crippen LogP contribution >= 0.6 is 0 Å². The summed E-state index contributed by atoms with van der Waals surface area (Å²) in [6.45, 7) is 5.15. The van der Waals surface area contributed by atoms with Gasteiger partial charge in [0.15, 0.2) is 0 Å². The molecule has 0 bridgehead atoms. The first-order chi connectivity index (χ1) is 7.79. The molecule has 1 N–H and O–H groups in total. The quantitative estimate of drug-likeness (QED) is 0.752. The summed E-state index contributed by atoms with van der Waals surface area (Å²) in [5.41, 5.74) is 0.146. The Bertz CT molecular complexity index is 204. The van der Waals surface area contributed by atoms with Gasteiger partial charge in [0, 0.05) is 26.3 Å². The SMILES string of the molecule is CCC(NCC1(OC)CCC1)C1CCOC1. The molecule has 1 saturated carbocycles. The molecule has 2 rings (SSSR count). The fraction of sp³-hybridized carbons (Fsp3) is 1.00. The molecular formula is C13H25NO2.